The van der Waals surface area contributed by atoms with E-state index in [4.69, 9.17) is 4.74 Å². The molecule has 1 unspecified atom stereocenters. The monoisotopic (exact) mass is 368 g/mol. The van der Waals surface area contributed by atoms with Crippen LogP contribution in [-0.4, -0.2) is 47.2 Å². The number of nitrogens with zero attached hydrogens (tertiary/aromatic N) is 1. The maximum absolute atomic E-state index is 11.6. The molecule has 7 nitrogen and oxygen atoms in total. The van der Waals surface area contributed by atoms with Gasteiger partial charge in [-0.2, -0.15) is 0 Å². The summed E-state index contributed by atoms with van der Waals surface area (Å²) in [4.78, 5) is 4.57. The largest absolute Gasteiger partial charge is 0.376 e. The van der Waals surface area contributed by atoms with Crippen molar-refractivity contribution in [3.05, 3.63) is 35.4 Å². The predicted octanol–water partition coefficient (Wildman–Crippen LogP) is 0.970. The molecule has 1 heterocycles. The van der Waals surface area contributed by atoms with Gasteiger partial charge in [-0.25, -0.2) is 18.1 Å². The van der Waals surface area contributed by atoms with E-state index in [0.717, 1.165) is 49.6 Å². The molecule has 0 amide bonds. The van der Waals surface area contributed by atoms with Crippen molar-refractivity contribution < 1.29 is 13.2 Å². The van der Waals surface area contributed by atoms with Crippen molar-refractivity contribution in [2.24, 2.45) is 4.99 Å². The van der Waals surface area contributed by atoms with E-state index in [-0.39, 0.29) is 11.9 Å². The van der Waals surface area contributed by atoms with Crippen molar-refractivity contribution in [2.75, 3.05) is 26.7 Å². The van der Waals surface area contributed by atoms with E-state index in [1.165, 1.54) is 7.05 Å². The molecule has 0 radical (unpaired) electrons. The van der Waals surface area contributed by atoms with E-state index < -0.39 is 10.0 Å². The van der Waals surface area contributed by atoms with E-state index in [0.29, 0.717) is 6.54 Å². The van der Waals surface area contributed by atoms with E-state index in [1.807, 2.05) is 31.2 Å². The van der Waals surface area contributed by atoms with Crippen LogP contribution in [0.25, 0.3) is 0 Å². The SMILES string of the molecule is CCNC(=NCc1ccc(CS(=O)(=O)NC)cc1)NCC1CCCO1. The molecule has 3 N–H and O–H groups in total. The van der Waals surface area contributed by atoms with Gasteiger partial charge < -0.3 is 15.4 Å². The van der Waals surface area contributed by atoms with E-state index in [1.54, 1.807) is 0 Å². The highest BCUT2D eigenvalue weighted by Crippen LogP contribution is 2.11. The molecule has 1 fully saturated rings. The van der Waals surface area contributed by atoms with Crippen molar-refractivity contribution in [3.63, 3.8) is 0 Å². The summed E-state index contributed by atoms with van der Waals surface area (Å²) in [5.41, 5.74) is 1.78. The van der Waals surface area contributed by atoms with Gasteiger partial charge >= 0.3 is 0 Å². The highest BCUT2D eigenvalue weighted by molar-refractivity contribution is 7.88. The van der Waals surface area contributed by atoms with Gasteiger partial charge in [0.05, 0.1) is 18.4 Å². The second-order valence-electron chi connectivity index (χ2n) is 5.99. The van der Waals surface area contributed by atoms with Gasteiger partial charge in [0.2, 0.25) is 10.0 Å². The number of aliphatic imine (C=N–C) groups is 1. The number of rotatable bonds is 8. The van der Waals surface area contributed by atoms with Crippen LogP contribution in [0.1, 0.15) is 30.9 Å². The Morgan fingerprint density at radius 1 is 1.24 bits per heavy atom. The number of guanidine groups is 1. The maximum Gasteiger partial charge on any atom is 0.215 e. The Kier molecular flexibility index (Phi) is 7.67. The lowest BCUT2D eigenvalue weighted by Gasteiger charge is -2.14. The van der Waals surface area contributed by atoms with Gasteiger partial charge in [-0.1, -0.05) is 24.3 Å². The minimum atomic E-state index is -3.24. The molecular formula is C17H28N4O3S. The highest BCUT2D eigenvalue weighted by atomic mass is 32.2. The molecule has 1 aromatic rings. The quantitative estimate of drug-likeness (QED) is 0.470. The molecule has 1 aromatic carbocycles. The van der Waals surface area contributed by atoms with Crippen LogP contribution in [0.3, 0.4) is 0 Å². The Morgan fingerprint density at radius 2 is 1.96 bits per heavy atom. The first-order valence-electron chi connectivity index (χ1n) is 8.65. The number of hydrogen-bond donors (Lipinski definition) is 3. The average Bonchev–Trinajstić information content (AvgIpc) is 3.12. The molecule has 1 aliphatic rings. The lowest BCUT2D eigenvalue weighted by molar-refractivity contribution is 0.114. The summed E-state index contributed by atoms with van der Waals surface area (Å²) in [5, 5.41) is 6.53. The molecule has 0 spiro atoms. The molecule has 140 valence electrons. The van der Waals surface area contributed by atoms with Crippen molar-refractivity contribution in [3.8, 4) is 0 Å². The van der Waals surface area contributed by atoms with Gasteiger partial charge in [-0.3, -0.25) is 0 Å². The third-order valence-electron chi connectivity index (χ3n) is 3.98. The minimum absolute atomic E-state index is 0.0152. The first kappa shape index (κ1) is 19.7. The van der Waals surface area contributed by atoms with Crippen molar-refractivity contribution >= 4 is 16.0 Å². The third-order valence-corrected chi connectivity index (χ3v) is 5.31. The third kappa shape index (κ3) is 7.01. The lowest BCUT2D eigenvalue weighted by Crippen LogP contribution is -2.41. The van der Waals surface area contributed by atoms with Gasteiger partial charge in [0.1, 0.15) is 0 Å². The molecule has 8 heteroatoms. The van der Waals surface area contributed by atoms with Crippen LogP contribution in [0, 0.1) is 0 Å². The van der Waals surface area contributed by atoms with Crippen LogP contribution in [0.4, 0.5) is 0 Å². The summed E-state index contributed by atoms with van der Waals surface area (Å²) in [5.74, 6) is 0.748. The molecular weight excluding hydrogens is 340 g/mol. The Morgan fingerprint density at radius 3 is 2.56 bits per heavy atom. The van der Waals surface area contributed by atoms with Crippen molar-refractivity contribution in [1.29, 1.82) is 0 Å². The fraction of sp³-hybridized carbons (Fsp3) is 0.588. The molecule has 25 heavy (non-hydrogen) atoms. The average molecular weight is 369 g/mol. The smallest absolute Gasteiger partial charge is 0.215 e. The maximum atomic E-state index is 11.6. The molecule has 0 aromatic heterocycles. The van der Waals surface area contributed by atoms with Crippen LogP contribution < -0.4 is 15.4 Å². The zero-order chi connectivity index (χ0) is 18.1. The fourth-order valence-corrected chi connectivity index (χ4v) is 3.34. The molecule has 1 aliphatic heterocycles. The Labute approximate surface area is 150 Å². The summed E-state index contributed by atoms with van der Waals surface area (Å²) in [7, 11) is -1.82. The molecule has 0 bridgehead atoms. The van der Waals surface area contributed by atoms with E-state index in [9.17, 15) is 8.42 Å². The summed E-state index contributed by atoms with van der Waals surface area (Å²) in [6.07, 6.45) is 2.47. The second-order valence-corrected chi connectivity index (χ2v) is 7.92. The first-order valence-corrected chi connectivity index (χ1v) is 10.3. The molecule has 0 aliphatic carbocycles. The number of hydrogen-bond acceptors (Lipinski definition) is 4. The Bertz CT molecular complexity index is 653. The Hall–Kier alpha value is -1.64. The van der Waals surface area contributed by atoms with Gasteiger partial charge in [0.25, 0.3) is 0 Å². The van der Waals surface area contributed by atoms with E-state index in [2.05, 4.69) is 20.3 Å². The van der Waals surface area contributed by atoms with Gasteiger partial charge in [0.15, 0.2) is 5.96 Å². The second kappa shape index (κ2) is 9.74. The lowest BCUT2D eigenvalue weighted by atomic mass is 10.1. The van der Waals surface area contributed by atoms with Gasteiger partial charge in [0, 0.05) is 19.7 Å². The summed E-state index contributed by atoms with van der Waals surface area (Å²) in [6, 6.07) is 7.47. The number of sulfonamides is 1. The first-order chi connectivity index (χ1) is 12.0. The van der Waals surface area contributed by atoms with Crippen LogP contribution >= 0.6 is 0 Å². The fourth-order valence-electron chi connectivity index (χ4n) is 2.56. The van der Waals surface area contributed by atoms with Crippen LogP contribution in [0.2, 0.25) is 0 Å². The van der Waals surface area contributed by atoms with Crippen LogP contribution in [-0.2, 0) is 27.1 Å². The standard InChI is InChI=1S/C17H28N4O3S/c1-3-19-17(21-12-16-5-4-10-24-16)20-11-14-6-8-15(9-7-14)13-25(22,23)18-2/h6-9,16,18H,3-5,10-13H2,1-2H3,(H2,19,20,21). The van der Waals surface area contributed by atoms with Crippen molar-refractivity contribution in [1.82, 2.24) is 15.4 Å². The Balaban J connectivity index is 1.90. The summed E-state index contributed by atoms with van der Waals surface area (Å²) >= 11 is 0. The topological polar surface area (TPSA) is 91.8 Å². The number of nitrogens with one attached hydrogen (secondary N) is 3. The summed E-state index contributed by atoms with van der Waals surface area (Å²) < 4.78 is 31.0. The highest BCUT2D eigenvalue weighted by Gasteiger charge is 2.15. The zero-order valence-corrected chi connectivity index (χ0v) is 15.7. The van der Waals surface area contributed by atoms with Gasteiger partial charge in [-0.15, -0.1) is 0 Å². The van der Waals surface area contributed by atoms with Crippen LogP contribution in [0.15, 0.2) is 29.3 Å². The van der Waals surface area contributed by atoms with E-state index >= 15 is 0 Å². The van der Waals surface area contributed by atoms with Gasteiger partial charge in [-0.05, 0) is 37.9 Å². The minimum Gasteiger partial charge on any atom is -0.376 e. The van der Waals surface area contributed by atoms with Crippen LogP contribution in [0.5, 0.6) is 0 Å². The predicted molar refractivity (Wildman–Crippen MR) is 99.9 cm³/mol. The molecule has 0 saturated carbocycles. The number of ether oxygens (including phenoxy) is 1. The molecule has 1 saturated heterocycles. The zero-order valence-electron chi connectivity index (χ0n) is 14.9. The number of benzene rings is 1. The summed E-state index contributed by atoms with van der Waals surface area (Å²) in [6.45, 7) is 4.95. The molecule has 1 atom stereocenters. The normalized spacial score (nSPS) is 18.3. The molecule has 2 rings (SSSR count). The van der Waals surface area contributed by atoms with Crippen molar-refractivity contribution in [2.45, 2.75) is 38.2 Å².